The molecule has 3 atom stereocenters. The lowest BCUT2D eigenvalue weighted by Crippen LogP contribution is -2.40. The quantitative estimate of drug-likeness (QED) is 0.703. The monoisotopic (exact) mass is 327 g/mol. The molecule has 1 nitrogen and oxygen atoms in total. The van der Waals surface area contributed by atoms with Crippen molar-refractivity contribution in [3.63, 3.8) is 0 Å². The molecule has 0 spiro atoms. The summed E-state index contributed by atoms with van der Waals surface area (Å²) < 4.78 is 0. The van der Waals surface area contributed by atoms with E-state index >= 15 is 0 Å². The van der Waals surface area contributed by atoms with Crippen LogP contribution in [-0.2, 0) is 6.42 Å². The van der Waals surface area contributed by atoms with E-state index in [1.54, 1.807) is 0 Å². The van der Waals surface area contributed by atoms with Gasteiger partial charge in [-0.2, -0.15) is 0 Å². The number of halogens is 2. The summed E-state index contributed by atoms with van der Waals surface area (Å²) in [7, 11) is 0. The molecule has 1 aliphatic carbocycles. The number of hydrogen-bond acceptors (Lipinski definition) is 1. The van der Waals surface area contributed by atoms with Crippen LogP contribution in [0.1, 0.15) is 51.5 Å². The van der Waals surface area contributed by atoms with Gasteiger partial charge in [0, 0.05) is 16.1 Å². The van der Waals surface area contributed by atoms with Gasteiger partial charge in [-0.15, -0.1) is 0 Å². The number of hydrogen-bond donors (Lipinski definition) is 1. The summed E-state index contributed by atoms with van der Waals surface area (Å²) in [5.41, 5.74) is 1.17. The molecular weight excluding hydrogens is 301 g/mol. The Kier molecular flexibility index (Phi) is 6.85. The van der Waals surface area contributed by atoms with Gasteiger partial charge in [0.25, 0.3) is 0 Å². The average molecular weight is 328 g/mol. The average Bonchev–Trinajstić information content (AvgIpc) is 2.50. The van der Waals surface area contributed by atoms with Crippen molar-refractivity contribution in [2.24, 2.45) is 11.8 Å². The molecule has 0 aliphatic heterocycles. The van der Waals surface area contributed by atoms with Crippen LogP contribution in [0.2, 0.25) is 10.0 Å². The van der Waals surface area contributed by atoms with E-state index in [1.165, 1.54) is 37.7 Å². The Labute approximate surface area is 139 Å². The minimum absolute atomic E-state index is 0.514. The molecular formula is C18H27Cl2N. The summed E-state index contributed by atoms with van der Waals surface area (Å²) in [5, 5.41) is 5.31. The number of nitrogens with one attached hydrogen (secondary N) is 1. The Morgan fingerprint density at radius 2 is 2.05 bits per heavy atom. The number of likely N-dealkylation sites (N-methyl/N-ethyl adjacent to an activating group) is 1. The van der Waals surface area contributed by atoms with Crippen molar-refractivity contribution in [2.75, 3.05) is 6.54 Å². The maximum Gasteiger partial charge on any atom is 0.0439 e. The van der Waals surface area contributed by atoms with Crippen LogP contribution in [0, 0.1) is 11.8 Å². The van der Waals surface area contributed by atoms with Gasteiger partial charge in [-0.1, -0.05) is 56.3 Å². The van der Waals surface area contributed by atoms with Gasteiger partial charge in [0.1, 0.15) is 0 Å². The Morgan fingerprint density at radius 1 is 1.24 bits per heavy atom. The SMILES string of the molecule is CCNC(Cc1cc(Cl)ccc1Cl)C1CCCC(CC)C1. The third-order valence-corrected chi connectivity index (χ3v) is 5.49. The fraction of sp³-hybridized carbons (Fsp3) is 0.667. The van der Waals surface area contributed by atoms with E-state index in [2.05, 4.69) is 19.2 Å². The third kappa shape index (κ3) is 4.87. The Balaban J connectivity index is 2.09. The summed E-state index contributed by atoms with van der Waals surface area (Å²) in [6.45, 7) is 5.52. The molecule has 1 N–H and O–H groups in total. The van der Waals surface area contributed by atoms with Crippen molar-refractivity contribution in [3.05, 3.63) is 33.8 Å². The minimum Gasteiger partial charge on any atom is -0.314 e. The van der Waals surface area contributed by atoms with Gasteiger partial charge in [0.15, 0.2) is 0 Å². The van der Waals surface area contributed by atoms with Gasteiger partial charge in [0.2, 0.25) is 0 Å². The fourth-order valence-electron chi connectivity index (χ4n) is 3.67. The summed E-state index contributed by atoms with van der Waals surface area (Å²) in [6.07, 6.45) is 7.76. The molecule has 1 aromatic carbocycles. The van der Waals surface area contributed by atoms with E-state index in [0.29, 0.717) is 6.04 Å². The Hall–Kier alpha value is -0.240. The predicted molar refractivity (Wildman–Crippen MR) is 93.4 cm³/mol. The molecule has 3 unspecified atom stereocenters. The van der Waals surface area contributed by atoms with E-state index in [0.717, 1.165) is 34.8 Å². The van der Waals surface area contributed by atoms with Crippen molar-refractivity contribution in [1.29, 1.82) is 0 Å². The third-order valence-electron chi connectivity index (χ3n) is 4.88. The summed E-state index contributed by atoms with van der Waals surface area (Å²) in [5.74, 6) is 1.67. The Morgan fingerprint density at radius 3 is 2.76 bits per heavy atom. The van der Waals surface area contributed by atoms with Gasteiger partial charge in [0.05, 0.1) is 0 Å². The first-order valence-electron chi connectivity index (χ1n) is 8.31. The molecule has 0 aromatic heterocycles. The highest BCUT2D eigenvalue weighted by Gasteiger charge is 2.27. The van der Waals surface area contributed by atoms with Crippen LogP contribution in [0.5, 0.6) is 0 Å². The van der Waals surface area contributed by atoms with Crippen LogP contribution in [0.15, 0.2) is 18.2 Å². The first-order valence-corrected chi connectivity index (χ1v) is 9.06. The largest absolute Gasteiger partial charge is 0.314 e. The highest BCUT2D eigenvalue weighted by atomic mass is 35.5. The van der Waals surface area contributed by atoms with Crippen LogP contribution in [0.4, 0.5) is 0 Å². The maximum atomic E-state index is 6.35. The zero-order valence-electron chi connectivity index (χ0n) is 13.2. The topological polar surface area (TPSA) is 12.0 Å². The van der Waals surface area contributed by atoms with Crippen molar-refractivity contribution in [1.82, 2.24) is 5.32 Å². The molecule has 0 bridgehead atoms. The van der Waals surface area contributed by atoms with Gasteiger partial charge >= 0.3 is 0 Å². The molecule has 0 radical (unpaired) electrons. The molecule has 1 fully saturated rings. The smallest absolute Gasteiger partial charge is 0.0439 e. The van der Waals surface area contributed by atoms with Crippen molar-refractivity contribution in [3.8, 4) is 0 Å². The highest BCUT2D eigenvalue weighted by Crippen LogP contribution is 2.34. The second-order valence-electron chi connectivity index (χ2n) is 6.30. The van der Waals surface area contributed by atoms with Gasteiger partial charge in [-0.25, -0.2) is 0 Å². The molecule has 21 heavy (non-hydrogen) atoms. The molecule has 1 aromatic rings. The van der Waals surface area contributed by atoms with Gasteiger partial charge < -0.3 is 5.32 Å². The van der Waals surface area contributed by atoms with Crippen LogP contribution in [0.25, 0.3) is 0 Å². The van der Waals surface area contributed by atoms with Gasteiger partial charge in [-0.05, 0) is 61.4 Å². The van der Waals surface area contributed by atoms with Crippen molar-refractivity contribution >= 4 is 23.2 Å². The van der Waals surface area contributed by atoms with E-state index in [9.17, 15) is 0 Å². The second kappa shape index (κ2) is 8.41. The lowest BCUT2D eigenvalue weighted by atomic mass is 9.75. The molecule has 2 rings (SSSR count). The molecule has 0 heterocycles. The lowest BCUT2D eigenvalue weighted by Gasteiger charge is -2.35. The highest BCUT2D eigenvalue weighted by molar-refractivity contribution is 6.33. The zero-order valence-corrected chi connectivity index (χ0v) is 14.7. The van der Waals surface area contributed by atoms with Crippen molar-refractivity contribution < 1.29 is 0 Å². The van der Waals surface area contributed by atoms with E-state index in [-0.39, 0.29) is 0 Å². The summed E-state index contributed by atoms with van der Waals surface area (Å²) in [6, 6.07) is 6.32. The van der Waals surface area contributed by atoms with Crippen molar-refractivity contribution in [2.45, 2.75) is 58.4 Å². The van der Waals surface area contributed by atoms with Crippen LogP contribution in [0.3, 0.4) is 0 Å². The second-order valence-corrected chi connectivity index (χ2v) is 7.15. The maximum absolute atomic E-state index is 6.35. The first-order chi connectivity index (χ1) is 10.1. The van der Waals surface area contributed by atoms with E-state index < -0.39 is 0 Å². The molecule has 1 saturated carbocycles. The van der Waals surface area contributed by atoms with Gasteiger partial charge in [-0.3, -0.25) is 0 Å². The minimum atomic E-state index is 0.514. The molecule has 1 aliphatic rings. The summed E-state index contributed by atoms with van der Waals surface area (Å²) >= 11 is 12.5. The Bertz CT molecular complexity index is 447. The zero-order chi connectivity index (χ0) is 15.2. The molecule has 118 valence electrons. The standard InChI is InChI=1S/C18H27Cl2N/c1-3-13-6-5-7-14(10-13)18(21-4-2)12-15-11-16(19)8-9-17(15)20/h8-9,11,13-14,18,21H,3-7,10,12H2,1-2H3. The van der Waals surface area contributed by atoms with E-state index in [4.69, 9.17) is 23.2 Å². The fourth-order valence-corrected chi connectivity index (χ4v) is 4.06. The molecule has 0 amide bonds. The first kappa shape index (κ1) is 17.1. The lowest BCUT2D eigenvalue weighted by molar-refractivity contribution is 0.208. The number of benzene rings is 1. The van der Waals surface area contributed by atoms with Crippen LogP contribution < -0.4 is 5.32 Å². The molecule has 3 heteroatoms. The van der Waals surface area contributed by atoms with Crippen LogP contribution >= 0.6 is 23.2 Å². The van der Waals surface area contributed by atoms with E-state index in [1.807, 2.05) is 18.2 Å². The van der Waals surface area contributed by atoms with Crippen LogP contribution in [-0.4, -0.2) is 12.6 Å². The summed E-state index contributed by atoms with van der Waals surface area (Å²) in [4.78, 5) is 0. The molecule has 0 saturated heterocycles. The normalized spacial score (nSPS) is 24.0. The number of rotatable bonds is 6. The predicted octanol–water partition coefficient (Wildman–Crippen LogP) is 5.73.